The summed E-state index contributed by atoms with van der Waals surface area (Å²) in [6, 6.07) is 1.85. The molecule has 0 saturated carbocycles. The second-order valence-corrected chi connectivity index (χ2v) is 7.06. The van der Waals surface area contributed by atoms with Gasteiger partial charge in [0.15, 0.2) is 0 Å². The first-order valence-corrected chi connectivity index (χ1v) is 8.64. The number of fused-ring (bicyclic) bond motifs is 1. The molecule has 2 aromatic rings. The zero-order valence-corrected chi connectivity index (χ0v) is 14.7. The normalized spacial score (nSPS) is 12.7. The van der Waals surface area contributed by atoms with Crippen molar-refractivity contribution in [2.75, 3.05) is 6.54 Å². The van der Waals surface area contributed by atoms with Crippen molar-refractivity contribution in [3.8, 4) is 0 Å². The van der Waals surface area contributed by atoms with E-state index in [9.17, 15) is 9.59 Å². The molecule has 0 aliphatic rings. The maximum absolute atomic E-state index is 12.3. The summed E-state index contributed by atoms with van der Waals surface area (Å²) in [7, 11) is 1.87. The van der Waals surface area contributed by atoms with E-state index >= 15 is 0 Å². The van der Waals surface area contributed by atoms with Gasteiger partial charge in [-0.15, -0.1) is 11.3 Å². The molecule has 0 aromatic carbocycles. The molecule has 126 valence electrons. The third-order valence-corrected chi connectivity index (χ3v) is 5.01. The molecule has 2 N–H and O–H groups in total. The van der Waals surface area contributed by atoms with Crippen LogP contribution in [-0.2, 0) is 11.8 Å². The standard InChI is InChI=1S/C16H23N3O3S/c1-5-6-10(16(21)22)8-17-14(20)12-7-11-13(9(2)3)18-19(4)15(11)23-12/h7,9-10H,5-6,8H2,1-4H3,(H,17,20)(H,21,22). The molecule has 0 saturated heterocycles. The molecule has 1 atom stereocenters. The maximum atomic E-state index is 12.3. The predicted octanol–water partition coefficient (Wildman–Crippen LogP) is 2.99. The molecular formula is C16H23N3O3S. The van der Waals surface area contributed by atoms with Gasteiger partial charge in [-0.2, -0.15) is 5.10 Å². The van der Waals surface area contributed by atoms with E-state index in [-0.39, 0.29) is 18.4 Å². The van der Waals surface area contributed by atoms with Crippen LogP contribution in [0.15, 0.2) is 6.07 Å². The van der Waals surface area contributed by atoms with Gasteiger partial charge in [-0.3, -0.25) is 14.3 Å². The van der Waals surface area contributed by atoms with Crippen LogP contribution in [0.25, 0.3) is 10.2 Å². The zero-order chi connectivity index (χ0) is 17.1. The Morgan fingerprint density at radius 2 is 2.13 bits per heavy atom. The van der Waals surface area contributed by atoms with Crippen molar-refractivity contribution in [2.24, 2.45) is 13.0 Å². The summed E-state index contributed by atoms with van der Waals surface area (Å²) < 4.78 is 1.79. The lowest BCUT2D eigenvalue weighted by atomic mass is 10.0. The number of rotatable bonds is 7. The minimum absolute atomic E-state index is 0.158. The van der Waals surface area contributed by atoms with Crippen molar-refractivity contribution in [1.82, 2.24) is 15.1 Å². The SMILES string of the molecule is CCCC(CNC(=O)c1cc2c(C(C)C)nn(C)c2s1)C(=O)O. The Hall–Kier alpha value is -1.89. The van der Waals surface area contributed by atoms with Gasteiger partial charge in [0.2, 0.25) is 0 Å². The number of aliphatic carboxylic acids is 1. The topological polar surface area (TPSA) is 84.2 Å². The van der Waals surface area contributed by atoms with Crippen LogP contribution in [0.2, 0.25) is 0 Å². The highest BCUT2D eigenvalue weighted by Crippen LogP contribution is 2.31. The molecular weight excluding hydrogens is 314 g/mol. The number of amides is 1. The van der Waals surface area contributed by atoms with Crippen molar-refractivity contribution < 1.29 is 14.7 Å². The van der Waals surface area contributed by atoms with Gasteiger partial charge < -0.3 is 10.4 Å². The van der Waals surface area contributed by atoms with Gasteiger partial charge in [0.1, 0.15) is 4.83 Å². The molecule has 2 aromatic heterocycles. The van der Waals surface area contributed by atoms with E-state index in [1.54, 1.807) is 4.68 Å². The number of hydrogen-bond donors (Lipinski definition) is 2. The molecule has 1 amide bonds. The van der Waals surface area contributed by atoms with E-state index < -0.39 is 11.9 Å². The Kier molecular flexibility index (Phi) is 5.41. The van der Waals surface area contributed by atoms with Crippen molar-refractivity contribution in [1.29, 1.82) is 0 Å². The number of nitrogens with one attached hydrogen (secondary N) is 1. The van der Waals surface area contributed by atoms with E-state index in [0.29, 0.717) is 11.3 Å². The van der Waals surface area contributed by atoms with Gasteiger partial charge in [-0.25, -0.2) is 0 Å². The number of thiophene rings is 1. The molecule has 7 heteroatoms. The second kappa shape index (κ2) is 7.12. The summed E-state index contributed by atoms with van der Waals surface area (Å²) in [5, 5.41) is 17.4. The van der Waals surface area contributed by atoms with Crippen molar-refractivity contribution in [2.45, 2.75) is 39.5 Å². The average Bonchev–Trinajstić information content (AvgIpc) is 3.03. The van der Waals surface area contributed by atoms with Gasteiger partial charge in [0.05, 0.1) is 16.5 Å². The van der Waals surface area contributed by atoms with E-state index in [1.807, 2.05) is 20.0 Å². The first-order valence-electron chi connectivity index (χ1n) is 7.82. The fraction of sp³-hybridized carbons (Fsp3) is 0.562. The van der Waals surface area contributed by atoms with Crippen LogP contribution in [0.1, 0.15) is 54.9 Å². The first-order chi connectivity index (χ1) is 10.8. The number of carbonyl (C=O) groups excluding carboxylic acids is 1. The largest absolute Gasteiger partial charge is 0.481 e. The van der Waals surface area contributed by atoms with Crippen LogP contribution in [0, 0.1) is 5.92 Å². The Balaban J connectivity index is 2.15. The summed E-state index contributed by atoms with van der Waals surface area (Å²) in [4.78, 5) is 25.0. The number of carboxylic acids is 1. The summed E-state index contributed by atoms with van der Waals surface area (Å²) in [5.41, 5.74) is 0.979. The van der Waals surface area contributed by atoms with E-state index in [2.05, 4.69) is 24.3 Å². The van der Waals surface area contributed by atoms with Crippen molar-refractivity contribution in [3.63, 3.8) is 0 Å². The van der Waals surface area contributed by atoms with Gasteiger partial charge in [-0.1, -0.05) is 27.2 Å². The Morgan fingerprint density at radius 1 is 1.43 bits per heavy atom. The lowest BCUT2D eigenvalue weighted by Gasteiger charge is -2.11. The van der Waals surface area contributed by atoms with E-state index in [0.717, 1.165) is 22.3 Å². The Bertz CT molecular complexity index is 718. The van der Waals surface area contributed by atoms with Crippen LogP contribution >= 0.6 is 11.3 Å². The fourth-order valence-electron chi connectivity index (χ4n) is 2.57. The molecule has 0 fully saturated rings. The predicted molar refractivity (Wildman–Crippen MR) is 91.0 cm³/mol. The summed E-state index contributed by atoms with van der Waals surface area (Å²) in [6.07, 6.45) is 1.34. The van der Waals surface area contributed by atoms with E-state index in [4.69, 9.17) is 5.11 Å². The monoisotopic (exact) mass is 337 g/mol. The van der Waals surface area contributed by atoms with Crippen molar-refractivity contribution >= 4 is 33.4 Å². The highest BCUT2D eigenvalue weighted by Gasteiger charge is 2.21. The van der Waals surface area contributed by atoms with Gasteiger partial charge in [-0.05, 0) is 18.4 Å². The average molecular weight is 337 g/mol. The Morgan fingerprint density at radius 3 is 2.70 bits per heavy atom. The highest BCUT2D eigenvalue weighted by molar-refractivity contribution is 7.20. The van der Waals surface area contributed by atoms with E-state index in [1.165, 1.54) is 11.3 Å². The van der Waals surface area contributed by atoms with Gasteiger partial charge in [0.25, 0.3) is 5.91 Å². The number of carboxylic acid groups (broad SMARTS) is 1. The molecule has 0 radical (unpaired) electrons. The highest BCUT2D eigenvalue weighted by atomic mass is 32.1. The van der Waals surface area contributed by atoms with Crippen LogP contribution in [0.3, 0.4) is 0 Å². The molecule has 0 aliphatic carbocycles. The quantitative estimate of drug-likeness (QED) is 0.813. The molecule has 0 aliphatic heterocycles. The number of aromatic nitrogens is 2. The molecule has 2 heterocycles. The lowest BCUT2D eigenvalue weighted by molar-refractivity contribution is -0.141. The van der Waals surface area contributed by atoms with Crippen molar-refractivity contribution in [3.05, 3.63) is 16.6 Å². The third-order valence-electron chi connectivity index (χ3n) is 3.81. The maximum Gasteiger partial charge on any atom is 0.308 e. The fourth-order valence-corrected chi connectivity index (χ4v) is 3.57. The van der Waals surface area contributed by atoms with Crippen LogP contribution in [0.4, 0.5) is 0 Å². The molecule has 6 nitrogen and oxygen atoms in total. The van der Waals surface area contributed by atoms with Gasteiger partial charge in [0, 0.05) is 19.0 Å². The van der Waals surface area contributed by atoms with Crippen LogP contribution < -0.4 is 5.32 Å². The number of aryl methyl sites for hydroxylation is 1. The zero-order valence-electron chi connectivity index (χ0n) is 13.9. The smallest absolute Gasteiger partial charge is 0.308 e. The molecule has 0 spiro atoms. The summed E-state index contributed by atoms with van der Waals surface area (Å²) in [5.74, 6) is -1.34. The molecule has 0 bridgehead atoms. The summed E-state index contributed by atoms with van der Waals surface area (Å²) in [6.45, 7) is 6.23. The lowest BCUT2D eigenvalue weighted by Crippen LogP contribution is -2.32. The Labute approximate surface area is 139 Å². The minimum Gasteiger partial charge on any atom is -0.481 e. The third kappa shape index (κ3) is 3.72. The molecule has 1 unspecified atom stereocenters. The van der Waals surface area contributed by atoms with Crippen LogP contribution in [0.5, 0.6) is 0 Å². The summed E-state index contributed by atoms with van der Waals surface area (Å²) >= 11 is 1.38. The molecule has 2 rings (SSSR count). The second-order valence-electron chi connectivity index (χ2n) is 6.03. The number of carbonyl (C=O) groups is 2. The van der Waals surface area contributed by atoms with Gasteiger partial charge >= 0.3 is 5.97 Å². The first kappa shape index (κ1) is 17.5. The number of hydrogen-bond acceptors (Lipinski definition) is 4. The number of nitrogens with zero attached hydrogens (tertiary/aromatic N) is 2. The molecule has 23 heavy (non-hydrogen) atoms. The minimum atomic E-state index is -0.866. The van der Waals surface area contributed by atoms with Crippen LogP contribution in [-0.4, -0.2) is 33.3 Å².